The highest BCUT2D eigenvalue weighted by atomic mass is 16.1. The van der Waals surface area contributed by atoms with Crippen LogP contribution in [0.15, 0.2) is 54.6 Å². The molecule has 32 heavy (non-hydrogen) atoms. The van der Waals surface area contributed by atoms with Crippen molar-refractivity contribution in [2.45, 2.75) is 31.7 Å². The number of hydrogen-bond acceptors (Lipinski definition) is 5. The van der Waals surface area contributed by atoms with Gasteiger partial charge in [-0.1, -0.05) is 24.3 Å². The van der Waals surface area contributed by atoms with Gasteiger partial charge in [0, 0.05) is 49.4 Å². The van der Waals surface area contributed by atoms with Gasteiger partial charge in [0.05, 0.1) is 17.1 Å². The number of fused-ring (bicyclic) bond motifs is 1. The third kappa shape index (κ3) is 5.00. The normalized spacial score (nSPS) is 18.0. The lowest BCUT2D eigenvalue weighted by molar-refractivity contribution is 0.0943. The van der Waals surface area contributed by atoms with Crippen molar-refractivity contribution in [2.75, 3.05) is 30.9 Å². The van der Waals surface area contributed by atoms with E-state index in [0.717, 1.165) is 48.1 Å². The summed E-state index contributed by atoms with van der Waals surface area (Å²) in [6.45, 7) is 0.668. The van der Waals surface area contributed by atoms with Crippen LogP contribution >= 0.6 is 0 Å². The number of amides is 1. The summed E-state index contributed by atoms with van der Waals surface area (Å²) in [5.74, 6) is 1.28. The Kier molecular flexibility index (Phi) is 6.55. The summed E-state index contributed by atoms with van der Waals surface area (Å²) < 4.78 is 0. The molecule has 6 nitrogen and oxygen atoms in total. The molecule has 1 aliphatic carbocycles. The average molecular weight is 428 g/mol. The summed E-state index contributed by atoms with van der Waals surface area (Å²) in [6.07, 6.45) is 4.22. The Hall–Kier alpha value is -3.59. The first-order valence-corrected chi connectivity index (χ1v) is 11.2. The molecule has 1 aliphatic rings. The van der Waals surface area contributed by atoms with E-state index in [9.17, 15) is 4.79 Å². The van der Waals surface area contributed by atoms with Gasteiger partial charge in [-0.05, 0) is 55.9 Å². The van der Waals surface area contributed by atoms with E-state index < -0.39 is 0 Å². The van der Waals surface area contributed by atoms with E-state index in [-0.39, 0.29) is 5.91 Å². The Morgan fingerprint density at radius 3 is 2.62 bits per heavy atom. The van der Waals surface area contributed by atoms with Crippen LogP contribution in [0.5, 0.6) is 0 Å². The van der Waals surface area contributed by atoms with Crippen LogP contribution in [0, 0.1) is 17.2 Å². The number of anilines is 2. The number of carbonyl (C=O) groups excluding carboxylic acids is 1. The highest BCUT2D eigenvalue weighted by molar-refractivity contribution is 5.94. The predicted molar refractivity (Wildman–Crippen MR) is 129 cm³/mol. The fourth-order valence-corrected chi connectivity index (χ4v) is 4.39. The van der Waals surface area contributed by atoms with Gasteiger partial charge < -0.3 is 15.5 Å². The summed E-state index contributed by atoms with van der Waals surface area (Å²) in [6, 6.07) is 19.7. The van der Waals surface area contributed by atoms with Gasteiger partial charge in [0.25, 0.3) is 5.91 Å². The first-order chi connectivity index (χ1) is 15.5. The van der Waals surface area contributed by atoms with Crippen molar-refractivity contribution in [1.82, 2.24) is 10.3 Å². The molecule has 0 saturated heterocycles. The van der Waals surface area contributed by atoms with Crippen LogP contribution in [-0.2, 0) is 0 Å². The van der Waals surface area contributed by atoms with Crippen molar-refractivity contribution in [3.63, 3.8) is 0 Å². The fraction of sp³-hybridized carbons (Fsp3) is 0.346. The molecule has 0 unspecified atom stereocenters. The van der Waals surface area contributed by atoms with Gasteiger partial charge in [-0.3, -0.25) is 4.79 Å². The second-order valence-corrected chi connectivity index (χ2v) is 8.70. The minimum absolute atomic E-state index is 0.112. The molecule has 1 saturated carbocycles. The van der Waals surface area contributed by atoms with Gasteiger partial charge in [-0.25, -0.2) is 4.98 Å². The molecule has 3 aromatic rings. The van der Waals surface area contributed by atoms with Gasteiger partial charge >= 0.3 is 0 Å². The zero-order valence-electron chi connectivity index (χ0n) is 18.6. The van der Waals surface area contributed by atoms with Crippen LogP contribution in [0.2, 0.25) is 0 Å². The molecule has 4 rings (SSSR count). The lowest BCUT2D eigenvalue weighted by Crippen LogP contribution is -2.34. The molecule has 0 radical (unpaired) electrons. The molecule has 0 atom stereocenters. The zero-order chi connectivity index (χ0) is 22.5. The maximum absolute atomic E-state index is 12.4. The summed E-state index contributed by atoms with van der Waals surface area (Å²) in [5.41, 5.74) is 3.20. The van der Waals surface area contributed by atoms with Gasteiger partial charge in [-0.2, -0.15) is 5.26 Å². The topological polar surface area (TPSA) is 81.0 Å². The number of nitrogens with zero attached hydrogens (tertiary/aromatic N) is 3. The van der Waals surface area contributed by atoms with Crippen LogP contribution in [0.1, 0.15) is 41.6 Å². The number of benzene rings is 2. The van der Waals surface area contributed by atoms with Gasteiger partial charge in [-0.15, -0.1) is 0 Å². The predicted octanol–water partition coefficient (Wildman–Crippen LogP) is 4.57. The van der Waals surface area contributed by atoms with Crippen molar-refractivity contribution in [2.24, 2.45) is 5.92 Å². The molecule has 1 amide bonds. The smallest absolute Gasteiger partial charge is 0.251 e. The monoisotopic (exact) mass is 427 g/mol. The van der Waals surface area contributed by atoms with E-state index in [2.05, 4.69) is 53.9 Å². The van der Waals surface area contributed by atoms with Crippen LogP contribution in [-0.4, -0.2) is 37.6 Å². The van der Waals surface area contributed by atoms with Crippen molar-refractivity contribution >= 4 is 28.3 Å². The second kappa shape index (κ2) is 9.69. The number of pyridine rings is 1. The fourth-order valence-electron chi connectivity index (χ4n) is 4.39. The van der Waals surface area contributed by atoms with E-state index in [1.165, 1.54) is 0 Å². The SMILES string of the molecule is CN(C)c1cc(NC2CCC(CNC(=O)c3cccc(C#N)c3)CC2)nc2ccccc12. The van der Waals surface area contributed by atoms with E-state index >= 15 is 0 Å². The Labute approximate surface area is 189 Å². The van der Waals surface area contributed by atoms with Gasteiger partial charge in [0.2, 0.25) is 0 Å². The first kappa shape index (κ1) is 21.6. The van der Waals surface area contributed by atoms with E-state index in [1.54, 1.807) is 24.3 Å². The van der Waals surface area contributed by atoms with E-state index in [0.29, 0.717) is 29.6 Å². The first-order valence-electron chi connectivity index (χ1n) is 11.2. The molecular formula is C26H29N5O. The van der Waals surface area contributed by atoms with Crippen molar-refractivity contribution in [1.29, 1.82) is 5.26 Å². The average Bonchev–Trinajstić information content (AvgIpc) is 2.82. The van der Waals surface area contributed by atoms with Crippen LogP contribution in [0.3, 0.4) is 0 Å². The molecule has 164 valence electrons. The molecule has 1 aromatic heterocycles. The summed E-state index contributed by atoms with van der Waals surface area (Å²) in [7, 11) is 4.11. The number of hydrogen-bond donors (Lipinski definition) is 2. The second-order valence-electron chi connectivity index (χ2n) is 8.70. The standard InChI is InChI=1S/C26H29N5O/c1-31(2)24-15-25(30-23-9-4-3-8-22(23)24)29-21-12-10-18(11-13-21)17-28-26(32)20-7-5-6-19(14-20)16-27/h3-9,14-15,18,21H,10-13,17H2,1-2H3,(H,28,32)(H,29,30). The molecular weight excluding hydrogens is 398 g/mol. The van der Waals surface area contributed by atoms with Crippen LogP contribution in [0.4, 0.5) is 11.5 Å². The molecule has 0 bridgehead atoms. The Morgan fingerprint density at radius 2 is 1.88 bits per heavy atom. The van der Waals surface area contributed by atoms with Crippen LogP contribution < -0.4 is 15.5 Å². The molecule has 2 N–H and O–H groups in total. The van der Waals surface area contributed by atoms with Crippen molar-refractivity contribution < 1.29 is 4.79 Å². The zero-order valence-corrected chi connectivity index (χ0v) is 18.6. The molecule has 0 aliphatic heterocycles. The number of aromatic nitrogens is 1. The largest absolute Gasteiger partial charge is 0.377 e. The summed E-state index contributed by atoms with van der Waals surface area (Å²) in [5, 5.41) is 16.8. The quantitative estimate of drug-likeness (QED) is 0.602. The third-order valence-corrected chi connectivity index (χ3v) is 6.18. The molecule has 1 fully saturated rings. The highest BCUT2D eigenvalue weighted by Crippen LogP contribution is 2.30. The Morgan fingerprint density at radius 1 is 1.09 bits per heavy atom. The molecule has 2 aromatic carbocycles. The molecule has 1 heterocycles. The van der Waals surface area contributed by atoms with Gasteiger partial charge in [0.1, 0.15) is 5.82 Å². The Balaban J connectivity index is 1.31. The summed E-state index contributed by atoms with van der Waals surface area (Å²) in [4.78, 5) is 19.4. The number of nitrogens with one attached hydrogen (secondary N) is 2. The van der Waals surface area contributed by atoms with Crippen molar-refractivity contribution in [3.05, 3.63) is 65.7 Å². The van der Waals surface area contributed by atoms with Crippen molar-refractivity contribution in [3.8, 4) is 6.07 Å². The van der Waals surface area contributed by atoms with Gasteiger partial charge in [0.15, 0.2) is 0 Å². The minimum atomic E-state index is -0.112. The Bertz CT molecular complexity index is 1140. The van der Waals surface area contributed by atoms with E-state index in [4.69, 9.17) is 10.2 Å². The van der Waals surface area contributed by atoms with Crippen LogP contribution in [0.25, 0.3) is 10.9 Å². The number of nitriles is 1. The summed E-state index contributed by atoms with van der Waals surface area (Å²) >= 11 is 0. The molecule has 6 heteroatoms. The maximum Gasteiger partial charge on any atom is 0.251 e. The maximum atomic E-state index is 12.4. The minimum Gasteiger partial charge on any atom is -0.377 e. The number of para-hydroxylation sites is 1. The lowest BCUT2D eigenvalue weighted by atomic mass is 9.86. The molecule has 0 spiro atoms. The number of rotatable bonds is 6. The number of carbonyl (C=O) groups is 1. The lowest BCUT2D eigenvalue weighted by Gasteiger charge is -2.30. The van der Waals surface area contributed by atoms with E-state index in [1.807, 2.05) is 12.1 Å². The highest BCUT2D eigenvalue weighted by Gasteiger charge is 2.22. The third-order valence-electron chi connectivity index (χ3n) is 6.18.